The molecule has 0 radical (unpaired) electrons. The molecule has 4 heteroatoms. The zero-order chi connectivity index (χ0) is 26.9. The van der Waals surface area contributed by atoms with E-state index in [4.69, 9.17) is 0 Å². The maximum Gasteiger partial charge on any atom is 0.0568 e. The Hall–Kier alpha value is -2.56. The average molecular weight is 541 g/mol. The van der Waals surface area contributed by atoms with Gasteiger partial charge < -0.3 is 9.80 Å². The molecule has 0 aromatic heterocycles. The van der Waals surface area contributed by atoms with E-state index in [9.17, 15) is 0 Å². The van der Waals surface area contributed by atoms with Gasteiger partial charge in [-0.15, -0.1) is 0 Å². The molecule has 0 fully saturated rings. The van der Waals surface area contributed by atoms with Crippen molar-refractivity contribution in [2.45, 2.75) is 51.0 Å². The Morgan fingerprint density at radius 3 is 2.45 bits per heavy atom. The van der Waals surface area contributed by atoms with Crippen LogP contribution in [0.25, 0.3) is 10.8 Å². The second-order valence-electron chi connectivity index (χ2n) is 11.4. The molecule has 38 heavy (non-hydrogen) atoms. The normalized spacial score (nSPS) is 20.8. The van der Waals surface area contributed by atoms with E-state index < -0.39 is 0 Å². The first-order valence-electron chi connectivity index (χ1n) is 13.6. The van der Waals surface area contributed by atoms with Crippen LogP contribution in [0.4, 0.5) is 11.4 Å². The van der Waals surface area contributed by atoms with Crippen LogP contribution >= 0.6 is 21.6 Å². The van der Waals surface area contributed by atoms with Gasteiger partial charge in [-0.3, -0.25) is 0 Å². The van der Waals surface area contributed by atoms with E-state index in [1.54, 1.807) is 0 Å². The number of para-hydroxylation sites is 1. The van der Waals surface area contributed by atoms with Gasteiger partial charge in [0.05, 0.1) is 6.04 Å². The first-order chi connectivity index (χ1) is 18.3. The number of hydrogen-bond donors (Lipinski definition) is 0. The van der Waals surface area contributed by atoms with Gasteiger partial charge in [-0.2, -0.15) is 0 Å². The molecule has 3 aromatic rings. The smallest absolute Gasteiger partial charge is 0.0568 e. The fourth-order valence-corrected chi connectivity index (χ4v) is 7.79. The highest BCUT2D eigenvalue weighted by molar-refractivity contribution is 8.76. The van der Waals surface area contributed by atoms with Gasteiger partial charge in [0, 0.05) is 47.2 Å². The highest BCUT2D eigenvalue weighted by Gasteiger charge is 2.42. The molecular formula is C34H40N2S2. The van der Waals surface area contributed by atoms with Crippen molar-refractivity contribution < 1.29 is 0 Å². The number of fused-ring (bicyclic) bond motifs is 4. The van der Waals surface area contributed by atoms with Gasteiger partial charge in [0.15, 0.2) is 0 Å². The number of benzene rings is 3. The monoisotopic (exact) mass is 540 g/mol. The van der Waals surface area contributed by atoms with Crippen molar-refractivity contribution in [3.05, 3.63) is 108 Å². The number of rotatable bonds is 8. The van der Waals surface area contributed by atoms with Gasteiger partial charge in [-0.05, 0) is 52.8 Å². The highest BCUT2D eigenvalue weighted by atomic mass is 33.1. The lowest BCUT2D eigenvalue weighted by Gasteiger charge is -2.32. The summed E-state index contributed by atoms with van der Waals surface area (Å²) in [7, 11) is 6.02. The van der Waals surface area contributed by atoms with Crippen molar-refractivity contribution in [2.75, 3.05) is 35.4 Å². The van der Waals surface area contributed by atoms with E-state index in [0.717, 1.165) is 6.54 Å². The molecule has 0 bridgehead atoms. The Balaban J connectivity index is 1.37. The molecule has 0 N–H and O–H groups in total. The molecule has 0 amide bonds. The summed E-state index contributed by atoms with van der Waals surface area (Å²) in [5.41, 5.74) is 6.93. The number of hydrogen-bond acceptors (Lipinski definition) is 4. The number of allylic oxidation sites excluding steroid dienone is 5. The van der Waals surface area contributed by atoms with Crippen molar-refractivity contribution in [2.24, 2.45) is 0 Å². The molecule has 1 atom stereocenters. The lowest BCUT2D eigenvalue weighted by atomic mass is 9.80. The van der Waals surface area contributed by atoms with Crippen LogP contribution in [0.3, 0.4) is 0 Å². The lowest BCUT2D eigenvalue weighted by Crippen LogP contribution is -2.40. The topological polar surface area (TPSA) is 6.48 Å². The van der Waals surface area contributed by atoms with Crippen molar-refractivity contribution in [1.29, 1.82) is 0 Å². The molecule has 198 valence electrons. The van der Waals surface area contributed by atoms with E-state index >= 15 is 0 Å². The molecule has 3 aromatic carbocycles. The van der Waals surface area contributed by atoms with Gasteiger partial charge in [0.2, 0.25) is 0 Å². The maximum absolute atomic E-state index is 2.62. The standard InChI is InChI=1S/C34H40N2S2/c1-33(2)27-17-12-13-18-28(27)36(23-14-24-38-37-6)31(33)20-9-7-8-19-30-34(3,4)32-26-16-11-10-15-25(26)21-22-29(32)35(30)5/h7-13,15-22,31H,14,23-24H2,1-6H3/b8-7+,20-9+,30-19+. The summed E-state index contributed by atoms with van der Waals surface area (Å²) in [6.45, 7) is 10.6. The first-order valence-corrected chi connectivity index (χ1v) is 16.3. The van der Waals surface area contributed by atoms with Crippen LogP contribution in [0.5, 0.6) is 0 Å². The SMILES string of the molecule is CSSCCCN1c2ccccc2C(C)(C)C1/C=C/C=C/C=C1/N(C)c2ccc3ccccc3c2C1(C)C. The minimum Gasteiger partial charge on any atom is -0.364 e. The molecule has 2 heterocycles. The van der Waals surface area contributed by atoms with Gasteiger partial charge in [-0.25, -0.2) is 0 Å². The van der Waals surface area contributed by atoms with Gasteiger partial charge in [0.25, 0.3) is 0 Å². The Bertz CT molecular complexity index is 1400. The highest BCUT2D eigenvalue weighted by Crippen LogP contribution is 2.50. The molecule has 0 aliphatic carbocycles. The minimum absolute atomic E-state index is 0.0559. The third kappa shape index (κ3) is 4.71. The fourth-order valence-electron chi connectivity index (χ4n) is 6.52. The first kappa shape index (κ1) is 27.0. The van der Waals surface area contributed by atoms with Crippen LogP contribution in [-0.2, 0) is 10.8 Å². The number of anilines is 2. The molecule has 2 aliphatic rings. The van der Waals surface area contributed by atoms with E-state index in [0.29, 0.717) is 6.04 Å². The summed E-state index contributed by atoms with van der Waals surface area (Å²) in [6.07, 6.45) is 14.7. The van der Waals surface area contributed by atoms with Crippen LogP contribution in [0.2, 0.25) is 0 Å². The molecule has 0 spiro atoms. The van der Waals surface area contributed by atoms with Crippen LogP contribution < -0.4 is 9.80 Å². The maximum atomic E-state index is 2.62. The summed E-state index contributed by atoms with van der Waals surface area (Å²) in [5, 5.41) is 2.66. The van der Waals surface area contributed by atoms with E-state index in [2.05, 4.69) is 142 Å². The summed E-state index contributed by atoms with van der Waals surface area (Å²) >= 11 is 0. The zero-order valence-electron chi connectivity index (χ0n) is 23.6. The van der Waals surface area contributed by atoms with Crippen LogP contribution in [0.1, 0.15) is 45.2 Å². The van der Waals surface area contributed by atoms with Crippen molar-refractivity contribution in [3.63, 3.8) is 0 Å². The molecule has 0 saturated heterocycles. The van der Waals surface area contributed by atoms with Gasteiger partial charge >= 0.3 is 0 Å². The molecule has 1 unspecified atom stereocenters. The summed E-state index contributed by atoms with van der Waals surface area (Å²) < 4.78 is 0. The third-order valence-electron chi connectivity index (χ3n) is 8.39. The van der Waals surface area contributed by atoms with Gasteiger partial charge in [0.1, 0.15) is 0 Å². The predicted molar refractivity (Wildman–Crippen MR) is 173 cm³/mol. The van der Waals surface area contributed by atoms with E-state index in [1.807, 2.05) is 21.6 Å². The molecular weight excluding hydrogens is 501 g/mol. The molecule has 0 saturated carbocycles. The molecule has 5 rings (SSSR count). The summed E-state index contributed by atoms with van der Waals surface area (Å²) in [4.78, 5) is 4.98. The number of likely N-dealkylation sites (N-methyl/N-ethyl adjacent to an activating group) is 1. The van der Waals surface area contributed by atoms with E-state index in [-0.39, 0.29) is 10.8 Å². The zero-order valence-corrected chi connectivity index (χ0v) is 25.2. The Kier molecular flexibility index (Phi) is 7.75. The Morgan fingerprint density at radius 2 is 1.63 bits per heavy atom. The van der Waals surface area contributed by atoms with Crippen LogP contribution in [0, 0.1) is 0 Å². The largest absolute Gasteiger partial charge is 0.364 e. The van der Waals surface area contributed by atoms with Crippen LogP contribution in [-0.4, -0.2) is 31.6 Å². The molecule has 2 nitrogen and oxygen atoms in total. The lowest BCUT2D eigenvalue weighted by molar-refractivity contribution is 0.474. The molecule has 2 aliphatic heterocycles. The van der Waals surface area contributed by atoms with Gasteiger partial charge in [-0.1, -0.05) is 122 Å². The number of nitrogens with zero attached hydrogens (tertiary/aromatic N) is 2. The second kappa shape index (κ2) is 10.9. The second-order valence-corrected chi connectivity index (χ2v) is 14.1. The Morgan fingerprint density at radius 1 is 0.868 bits per heavy atom. The summed E-state index contributed by atoms with van der Waals surface area (Å²) in [5.74, 6) is 1.19. The predicted octanol–water partition coefficient (Wildman–Crippen LogP) is 9.13. The fraction of sp³-hybridized carbons (Fsp3) is 0.353. The van der Waals surface area contributed by atoms with Crippen LogP contribution in [0.15, 0.2) is 96.7 Å². The average Bonchev–Trinajstić information content (AvgIpc) is 3.25. The van der Waals surface area contributed by atoms with Crippen molar-refractivity contribution in [1.82, 2.24) is 0 Å². The van der Waals surface area contributed by atoms with Crippen molar-refractivity contribution in [3.8, 4) is 0 Å². The van der Waals surface area contributed by atoms with E-state index in [1.165, 1.54) is 51.1 Å². The quantitative estimate of drug-likeness (QED) is 0.160. The summed E-state index contributed by atoms with van der Waals surface area (Å²) in [6, 6.07) is 22.6. The third-order valence-corrected chi connectivity index (χ3v) is 10.3. The minimum atomic E-state index is -0.0559. The van der Waals surface area contributed by atoms with Crippen molar-refractivity contribution >= 4 is 43.7 Å². The Labute approximate surface area is 237 Å².